The van der Waals surface area contributed by atoms with Gasteiger partial charge in [0, 0.05) is 32.2 Å². The molecule has 2 aromatic rings. The first-order valence-corrected chi connectivity index (χ1v) is 9.46. The normalized spacial score (nSPS) is 18.3. The van der Waals surface area contributed by atoms with Crippen LogP contribution >= 0.6 is 0 Å². The molecule has 144 valence electrons. The molecule has 0 aliphatic carbocycles. The predicted octanol–water partition coefficient (Wildman–Crippen LogP) is 2.76. The minimum Gasteiger partial charge on any atom is -0.486 e. The van der Waals surface area contributed by atoms with E-state index in [0.29, 0.717) is 13.2 Å². The monoisotopic (exact) mass is 372 g/mol. The summed E-state index contributed by atoms with van der Waals surface area (Å²) in [4.78, 5) is 2.40. The standard InChI is InChI=1S/C21H25FN2O3/c22-18-4-2-17(3-5-18)19(24-7-9-25-10-8-24)15-23-14-16-1-6-20-21(13-16)27-12-11-26-20/h1-6,13,19,23H,7-12,14-15H2. The predicted molar refractivity (Wildman–Crippen MR) is 101 cm³/mol. The second kappa shape index (κ2) is 8.69. The molecule has 27 heavy (non-hydrogen) atoms. The number of benzene rings is 2. The molecule has 0 radical (unpaired) electrons. The highest BCUT2D eigenvalue weighted by molar-refractivity contribution is 5.43. The molecule has 0 bridgehead atoms. The maximum Gasteiger partial charge on any atom is 0.161 e. The van der Waals surface area contributed by atoms with E-state index in [2.05, 4.69) is 16.3 Å². The maximum atomic E-state index is 13.3. The minimum atomic E-state index is -0.205. The van der Waals surface area contributed by atoms with Crippen LogP contribution in [0.1, 0.15) is 17.2 Å². The summed E-state index contributed by atoms with van der Waals surface area (Å²) in [5.41, 5.74) is 2.27. The van der Waals surface area contributed by atoms with Crippen molar-refractivity contribution in [1.29, 1.82) is 0 Å². The van der Waals surface area contributed by atoms with Gasteiger partial charge < -0.3 is 19.5 Å². The Hall–Kier alpha value is -2.15. The third-order valence-electron chi connectivity index (χ3n) is 5.01. The number of hydrogen-bond acceptors (Lipinski definition) is 5. The zero-order valence-corrected chi connectivity index (χ0v) is 15.3. The molecule has 4 rings (SSSR count). The molecule has 1 atom stereocenters. The molecule has 2 aliphatic rings. The van der Waals surface area contributed by atoms with E-state index in [4.69, 9.17) is 14.2 Å². The summed E-state index contributed by atoms with van der Waals surface area (Å²) < 4.78 is 30.0. The van der Waals surface area contributed by atoms with Crippen molar-refractivity contribution in [3.05, 3.63) is 59.4 Å². The van der Waals surface area contributed by atoms with Crippen LogP contribution in [0.2, 0.25) is 0 Å². The van der Waals surface area contributed by atoms with Gasteiger partial charge in [-0.15, -0.1) is 0 Å². The zero-order chi connectivity index (χ0) is 18.5. The fourth-order valence-electron chi connectivity index (χ4n) is 3.58. The third-order valence-corrected chi connectivity index (χ3v) is 5.01. The molecule has 2 aliphatic heterocycles. The summed E-state index contributed by atoms with van der Waals surface area (Å²) in [7, 11) is 0. The summed E-state index contributed by atoms with van der Waals surface area (Å²) in [6, 6.07) is 13.1. The van der Waals surface area contributed by atoms with Gasteiger partial charge in [0.15, 0.2) is 11.5 Å². The Bertz CT molecular complexity index is 748. The molecular formula is C21H25FN2O3. The van der Waals surface area contributed by atoms with E-state index in [9.17, 15) is 4.39 Å². The van der Waals surface area contributed by atoms with Crippen LogP contribution in [-0.4, -0.2) is 51.0 Å². The van der Waals surface area contributed by atoms with Gasteiger partial charge in [-0.1, -0.05) is 18.2 Å². The number of rotatable bonds is 6. The molecule has 0 amide bonds. The fourth-order valence-corrected chi connectivity index (χ4v) is 3.58. The number of nitrogens with one attached hydrogen (secondary N) is 1. The Morgan fingerprint density at radius 3 is 2.44 bits per heavy atom. The second-order valence-corrected chi connectivity index (χ2v) is 6.82. The van der Waals surface area contributed by atoms with Crippen LogP contribution in [-0.2, 0) is 11.3 Å². The lowest BCUT2D eigenvalue weighted by molar-refractivity contribution is 0.0161. The fraction of sp³-hybridized carbons (Fsp3) is 0.429. The molecule has 1 N–H and O–H groups in total. The van der Waals surface area contributed by atoms with Crippen LogP contribution in [0.5, 0.6) is 11.5 Å². The van der Waals surface area contributed by atoms with Gasteiger partial charge in [0.1, 0.15) is 19.0 Å². The van der Waals surface area contributed by atoms with Crippen molar-refractivity contribution in [2.24, 2.45) is 0 Å². The Labute approximate surface area is 159 Å². The molecule has 5 nitrogen and oxygen atoms in total. The molecule has 0 aromatic heterocycles. The van der Waals surface area contributed by atoms with E-state index >= 15 is 0 Å². The topological polar surface area (TPSA) is 43.0 Å². The Kier molecular flexibility index (Phi) is 5.87. The van der Waals surface area contributed by atoms with Crippen LogP contribution in [0.25, 0.3) is 0 Å². The molecule has 2 aromatic carbocycles. The first-order valence-electron chi connectivity index (χ1n) is 9.46. The van der Waals surface area contributed by atoms with E-state index < -0.39 is 0 Å². The van der Waals surface area contributed by atoms with Crippen LogP contribution < -0.4 is 14.8 Å². The summed E-state index contributed by atoms with van der Waals surface area (Å²) in [5, 5.41) is 3.55. The molecule has 6 heteroatoms. The SMILES string of the molecule is Fc1ccc(C(CNCc2ccc3c(c2)OCCO3)N2CCOCC2)cc1. The second-order valence-electron chi connectivity index (χ2n) is 6.82. The number of ether oxygens (including phenoxy) is 3. The van der Waals surface area contributed by atoms with Gasteiger partial charge in [0.2, 0.25) is 0 Å². The van der Waals surface area contributed by atoms with E-state index in [1.54, 1.807) is 0 Å². The number of hydrogen-bond donors (Lipinski definition) is 1. The molecule has 1 unspecified atom stereocenters. The third kappa shape index (κ3) is 4.58. The quantitative estimate of drug-likeness (QED) is 0.845. The molecule has 0 spiro atoms. The lowest BCUT2D eigenvalue weighted by Crippen LogP contribution is -2.42. The van der Waals surface area contributed by atoms with Gasteiger partial charge in [0.25, 0.3) is 0 Å². The maximum absolute atomic E-state index is 13.3. The van der Waals surface area contributed by atoms with Crippen molar-refractivity contribution in [2.75, 3.05) is 46.1 Å². The summed E-state index contributed by atoms with van der Waals surface area (Å²) >= 11 is 0. The van der Waals surface area contributed by atoms with Crippen molar-refractivity contribution >= 4 is 0 Å². The zero-order valence-electron chi connectivity index (χ0n) is 15.3. The molecule has 2 heterocycles. The largest absolute Gasteiger partial charge is 0.486 e. The molecule has 0 saturated carbocycles. The Morgan fingerprint density at radius 1 is 0.926 bits per heavy atom. The molecule has 1 fully saturated rings. The van der Waals surface area contributed by atoms with Gasteiger partial charge in [-0.25, -0.2) is 4.39 Å². The first kappa shape index (κ1) is 18.2. The minimum absolute atomic E-state index is 0.187. The highest BCUT2D eigenvalue weighted by atomic mass is 19.1. The average Bonchev–Trinajstić information content (AvgIpc) is 2.73. The van der Waals surface area contributed by atoms with E-state index in [0.717, 1.165) is 62.0 Å². The number of fused-ring (bicyclic) bond motifs is 1. The van der Waals surface area contributed by atoms with Crippen molar-refractivity contribution in [2.45, 2.75) is 12.6 Å². The number of morpholine rings is 1. The number of halogens is 1. The van der Waals surface area contributed by atoms with E-state index in [-0.39, 0.29) is 11.9 Å². The van der Waals surface area contributed by atoms with Crippen molar-refractivity contribution < 1.29 is 18.6 Å². The van der Waals surface area contributed by atoms with Crippen molar-refractivity contribution in [3.63, 3.8) is 0 Å². The summed E-state index contributed by atoms with van der Waals surface area (Å²) in [5.74, 6) is 1.41. The molecular weight excluding hydrogens is 347 g/mol. The summed E-state index contributed by atoms with van der Waals surface area (Å²) in [6.45, 7) is 5.94. The van der Waals surface area contributed by atoms with Gasteiger partial charge in [-0.3, -0.25) is 4.90 Å². The van der Waals surface area contributed by atoms with Crippen LogP contribution in [0.15, 0.2) is 42.5 Å². The Morgan fingerprint density at radius 2 is 1.67 bits per heavy atom. The van der Waals surface area contributed by atoms with Crippen LogP contribution in [0.3, 0.4) is 0 Å². The first-order chi connectivity index (χ1) is 13.3. The Balaban J connectivity index is 1.41. The smallest absolute Gasteiger partial charge is 0.161 e. The van der Waals surface area contributed by atoms with Crippen LogP contribution in [0, 0.1) is 5.82 Å². The van der Waals surface area contributed by atoms with Gasteiger partial charge in [-0.05, 0) is 35.4 Å². The van der Waals surface area contributed by atoms with E-state index in [1.807, 2.05) is 24.3 Å². The summed E-state index contributed by atoms with van der Waals surface area (Å²) in [6.07, 6.45) is 0. The highest BCUT2D eigenvalue weighted by Crippen LogP contribution is 2.30. The molecule has 1 saturated heterocycles. The van der Waals surface area contributed by atoms with Gasteiger partial charge >= 0.3 is 0 Å². The average molecular weight is 372 g/mol. The van der Waals surface area contributed by atoms with Gasteiger partial charge in [-0.2, -0.15) is 0 Å². The van der Waals surface area contributed by atoms with Crippen LogP contribution in [0.4, 0.5) is 4.39 Å². The van der Waals surface area contributed by atoms with Gasteiger partial charge in [0.05, 0.1) is 13.2 Å². The lowest BCUT2D eigenvalue weighted by atomic mass is 10.0. The van der Waals surface area contributed by atoms with Crippen molar-refractivity contribution in [3.8, 4) is 11.5 Å². The van der Waals surface area contributed by atoms with E-state index in [1.165, 1.54) is 12.1 Å². The lowest BCUT2D eigenvalue weighted by Gasteiger charge is -2.35. The highest BCUT2D eigenvalue weighted by Gasteiger charge is 2.22. The van der Waals surface area contributed by atoms with Crippen molar-refractivity contribution in [1.82, 2.24) is 10.2 Å². The number of nitrogens with zero attached hydrogens (tertiary/aromatic N) is 1.